The van der Waals surface area contributed by atoms with Crippen molar-refractivity contribution in [2.45, 2.75) is 85.0 Å². The highest BCUT2D eigenvalue weighted by atomic mass is 14.3. The van der Waals surface area contributed by atoms with Crippen LogP contribution in [0.25, 0.3) is 0 Å². The van der Waals surface area contributed by atoms with Crippen molar-refractivity contribution in [2.24, 2.45) is 17.8 Å². The van der Waals surface area contributed by atoms with Gasteiger partial charge in [-0.2, -0.15) is 0 Å². The molecule has 0 heterocycles. The van der Waals surface area contributed by atoms with Gasteiger partial charge in [0, 0.05) is 0 Å². The van der Waals surface area contributed by atoms with Gasteiger partial charge < -0.3 is 0 Å². The highest BCUT2D eigenvalue weighted by Gasteiger charge is 2.22. The Balaban J connectivity index is 2.40. The van der Waals surface area contributed by atoms with E-state index in [1.165, 1.54) is 64.2 Å². The summed E-state index contributed by atoms with van der Waals surface area (Å²) in [6.45, 7) is 7.32. The molecule has 0 spiro atoms. The lowest BCUT2D eigenvalue weighted by Crippen LogP contribution is -2.19. The van der Waals surface area contributed by atoms with Crippen LogP contribution in [0.4, 0.5) is 0 Å². The van der Waals surface area contributed by atoms with E-state index in [9.17, 15) is 0 Å². The first-order valence-electron chi connectivity index (χ1n) is 7.75. The molecule has 0 heteroatoms. The van der Waals surface area contributed by atoms with Crippen LogP contribution in [-0.2, 0) is 0 Å². The third-order valence-electron chi connectivity index (χ3n) is 4.78. The zero-order chi connectivity index (χ0) is 11.8. The summed E-state index contributed by atoms with van der Waals surface area (Å²) in [4.78, 5) is 0. The van der Waals surface area contributed by atoms with Crippen molar-refractivity contribution in [3.63, 3.8) is 0 Å². The van der Waals surface area contributed by atoms with Crippen LogP contribution >= 0.6 is 0 Å². The Bertz CT molecular complexity index is 151. The molecule has 0 saturated heterocycles. The zero-order valence-corrected chi connectivity index (χ0v) is 11.8. The summed E-state index contributed by atoms with van der Waals surface area (Å²) in [6.07, 6.45) is 14.8. The van der Waals surface area contributed by atoms with Gasteiger partial charge in [-0.25, -0.2) is 0 Å². The fraction of sp³-hybridized carbons (Fsp3) is 1.00. The maximum Gasteiger partial charge on any atom is -0.0386 e. The topological polar surface area (TPSA) is 0 Å². The Morgan fingerprint density at radius 2 is 1.38 bits per heavy atom. The lowest BCUT2D eigenvalue weighted by atomic mass is 9.77. The maximum absolute atomic E-state index is 2.52. The van der Waals surface area contributed by atoms with E-state index in [0.717, 1.165) is 17.8 Å². The van der Waals surface area contributed by atoms with Crippen molar-refractivity contribution in [1.29, 1.82) is 0 Å². The fourth-order valence-electron chi connectivity index (χ4n) is 3.37. The van der Waals surface area contributed by atoms with E-state index < -0.39 is 0 Å². The zero-order valence-electron chi connectivity index (χ0n) is 11.8. The predicted molar refractivity (Wildman–Crippen MR) is 73.7 cm³/mol. The molecule has 0 aromatic rings. The van der Waals surface area contributed by atoms with Gasteiger partial charge in [0.15, 0.2) is 0 Å². The largest absolute Gasteiger partial charge is 0.0654 e. The van der Waals surface area contributed by atoms with E-state index >= 15 is 0 Å². The van der Waals surface area contributed by atoms with E-state index in [4.69, 9.17) is 0 Å². The minimum Gasteiger partial charge on any atom is -0.0654 e. The standard InChI is InChI=1S/C16H32/c1-4-11-14(2)15(3)16-12-9-7-5-6-8-10-13-16/h14-16H,4-13H2,1-3H3. The Kier molecular flexibility index (Phi) is 7.16. The maximum atomic E-state index is 2.52. The molecule has 0 bridgehead atoms. The molecule has 1 saturated carbocycles. The van der Waals surface area contributed by atoms with Crippen molar-refractivity contribution in [3.05, 3.63) is 0 Å². The third-order valence-corrected chi connectivity index (χ3v) is 4.78. The van der Waals surface area contributed by atoms with Gasteiger partial charge in [-0.05, 0) is 17.8 Å². The molecule has 1 aliphatic carbocycles. The second kappa shape index (κ2) is 8.14. The van der Waals surface area contributed by atoms with Gasteiger partial charge in [0.25, 0.3) is 0 Å². The summed E-state index contributed by atoms with van der Waals surface area (Å²) in [5, 5.41) is 0. The van der Waals surface area contributed by atoms with Crippen LogP contribution in [0.2, 0.25) is 0 Å². The smallest absolute Gasteiger partial charge is 0.0386 e. The lowest BCUT2D eigenvalue weighted by molar-refractivity contribution is 0.219. The van der Waals surface area contributed by atoms with Gasteiger partial charge in [0.1, 0.15) is 0 Å². The Morgan fingerprint density at radius 3 is 1.88 bits per heavy atom. The number of rotatable bonds is 4. The van der Waals surface area contributed by atoms with E-state index in [0.29, 0.717) is 0 Å². The molecule has 1 aliphatic rings. The molecule has 2 atom stereocenters. The van der Waals surface area contributed by atoms with E-state index in [2.05, 4.69) is 20.8 Å². The second-order valence-electron chi connectivity index (χ2n) is 6.08. The molecule has 0 nitrogen and oxygen atoms in total. The monoisotopic (exact) mass is 224 g/mol. The van der Waals surface area contributed by atoms with Crippen LogP contribution in [0.1, 0.15) is 85.0 Å². The van der Waals surface area contributed by atoms with Crippen molar-refractivity contribution >= 4 is 0 Å². The first kappa shape index (κ1) is 14.1. The summed E-state index contributed by atoms with van der Waals surface area (Å²) in [7, 11) is 0. The predicted octanol–water partition coefficient (Wildman–Crippen LogP) is 5.81. The molecule has 0 amide bonds. The Hall–Kier alpha value is 0. The molecule has 16 heavy (non-hydrogen) atoms. The van der Waals surface area contributed by atoms with E-state index in [1.807, 2.05) is 0 Å². The van der Waals surface area contributed by atoms with Gasteiger partial charge >= 0.3 is 0 Å². The van der Waals surface area contributed by atoms with Crippen molar-refractivity contribution in [3.8, 4) is 0 Å². The van der Waals surface area contributed by atoms with Crippen molar-refractivity contribution in [2.75, 3.05) is 0 Å². The van der Waals surface area contributed by atoms with Crippen LogP contribution in [0, 0.1) is 17.8 Å². The van der Waals surface area contributed by atoms with Gasteiger partial charge in [-0.1, -0.05) is 85.0 Å². The second-order valence-corrected chi connectivity index (χ2v) is 6.08. The number of hydrogen-bond donors (Lipinski definition) is 0. The highest BCUT2D eigenvalue weighted by Crippen LogP contribution is 2.33. The summed E-state index contributed by atoms with van der Waals surface area (Å²) >= 11 is 0. The normalized spacial score (nSPS) is 24.2. The molecule has 0 radical (unpaired) electrons. The third kappa shape index (κ3) is 4.89. The van der Waals surface area contributed by atoms with Crippen molar-refractivity contribution < 1.29 is 0 Å². The lowest BCUT2D eigenvalue weighted by Gasteiger charge is -2.29. The minimum absolute atomic E-state index is 0.941. The van der Waals surface area contributed by atoms with Crippen LogP contribution in [0.5, 0.6) is 0 Å². The van der Waals surface area contributed by atoms with Gasteiger partial charge in [0.2, 0.25) is 0 Å². The summed E-state index contributed by atoms with van der Waals surface area (Å²) in [5.74, 6) is 2.92. The van der Waals surface area contributed by atoms with E-state index in [1.54, 1.807) is 0 Å². The molecular weight excluding hydrogens is 192 g/mol. The summed E-state index contributed by atoms with van der Waals surface area (Å²) in [5.41, 5.74) is 0. The highest BCUT2D eigenvalue weighted by molar-refractivity contribution is 4.73. The molecule has 1 rings (SSSR count). The number of hydrogen-bond acceptors (Lipinski definition) is 0. The van der Waals surface area contributed by atoms with E-state index in [-0.39, 0.29) is 0 Å². The summed E-state index contributed by atoms with van der Waals surface area (Å²) in [6, 6.07) is 0. The summed E-state index contributed by atoms with van der Waals surface area (Å²) < 4.78 is 0. The molecule has 96 valence electrons. The quantitative estimate of drug-likeness (QED) is 0.565. The average molecular weight is 224 g/mol. The Labute approximate surface area is 103 Å². The SMILES string of the molecule is CCCC(C)C(C)C1CCCCCCCC1. The fourth-order valence-corrected chi connectivity index (χ4v) is 3.37. The van der Waals surface area contributed by atoms with Crippen LogP contribution in [0.3, 0.4) is 0 Å². The first-order chi connectivity index (χ1) is 7.75. The molecule has 0 aromatic heterocycles. The molecule has 0 N–H and O–H groups in total. The molecule has 1 fully saturated rings. The van der Waals surface area contributed by atoms with Crippen LogP contribution in [0.15, 0.2) is 0 Å². The molecule has 0 aromatic carbocycles. The molecule has 0 aliphatic heterocycles. The van der Waals surface area contributed by atoms with Gasteiger partial charge in [-0.15, -0.1) is 0 Å². The van der Waals surface area contributed by atoms with Crippen molar-refractivity contribution in [1.82, 2.24) is 0 Å². The van der Waals surface area contributed by atoms with Crippen LogP contribution < -0.4 is 0 Å². The van der Waals surface area contributed by atoms with Gasteiger partial charge in [0.05, 0.1) is 0 Å². The first-order valence-corrected chi connectivity index (χ1v) is 7.75. The molecular formula is C16H32. The van der Waals surface area contributed by atoms with Gasteiger partial charge in [-0.3, -0.25) is 0 Å². The van der Waals surface area contributed by atoms with Crippen LogP contribution in [-0.4, -0.2) is 0 Å². The minimum atomic E-state index is 0.941. The Morgan fingerprint density at radius 1 is 0.875 bits per heavy atom. The average Bonchev–Trinajstić information content (AvgIpc) is 2.41. The molecule has 2 unspecified atom stereocenters.